The predicted octanol–water partition coefficient (Wildman–Crippen LogP) is 3.53. The predicted molar refractivity (Wildman–Crippen MR) is 153 cm³/mol. The van der Waals surface area contributed by atoms with Crippen molar-refractivity contribution in [3.63, 3.8) is 0 Å². The summed E-state index contributed by atoms with van der Waals surface area (Å²) in [5.41, 5.74) is 3.43. The van der Waals surface area contributed by atoms with Crippen molar-refractivity contribution in [2.45, 2.75) is 83.5 Å². The van der Waals surface area contributed by atoms with Crippen molar-refractivity contribution < 1.29 is 25.0 Å². The molecule has 10 heteroatoms. The first-order valence-electron chi connectivity index (χ1n) is 13.2. The number of thiol groups is 1. The number of aromatic amines is 1. The first-order chi connectivity index (χ1) is 17.3. The lowest BCUT2D eigenvalue weighted by atomic mass is 9.88. The molecule has 9 nitrogen and oxygen atoms in total. The van der Waals surface area contributed by atoms with Crippen LogP contribution in [0.15, 0.2) is 17.2 Å². The number of nitrogens with one attached hydrogen (secondary N) is 1. The van der Waals surface area contributed by atoms with Gasteiger partial charge in [0.05, 0.1) is 5.52 Å². The van der Waals surface area contributed by atoms with Crippen LogP contribution in [0.25, 0.3) is 10.9 Å². The molecule has 3 rings (SSSR count). The van der Waals surface area contributed by atoms with E-state index in [0.717, 1.165) is 30.6 Å². The Morgan fingerprint density at radius 1 is 1.05 bits per heavy atom. The van der Waals surface area contributed by atoms with Gasteiger partial charge in [-0.15, -0.1) is 0 Å². The minimum atomic E-state index is -0.109. The van der Waals surface area contributed by atoms with Crippen molar-refractivity contribution in [1.82, 2.24) is 14.8 Å². The zero-order valence-corrected chi connectivity index (χ0v) is 24.7. The van der Waals surface area contributed by atoms with E-state index >= 15 is 0 Å². The van der Waals surface area contributed by atoms with Crippen LogP contribution in [0.2, 0.25) is 0 Å². The standard InChI is InChI=1S/C28H44N4O4S.H2O/c1-27(2,3)16-21-20-10-11-23(34)22(25(20)30-26(21)37-28(4,5)6)17-31-12-14-32(15-13-31)24(35)9-7-8-19(33)18-36-29;/h10-11,30,34H,7-9,12-18,29H2,1-6H3;1H2. The number of carbonyl (C=O) groups is 2. The van der Waals surface area contributed by atoms with E-state index in [0.29, 0.717) is 44.6 Å². The Morgan fingerprint density at radius 2 is 1.71 bits per heavy atom. The molecule has 0 atom stereocenters. The summed E-state index contributed by atoms with van der Waals surface area (Å²) in [5.74, 6) is 5.22. The molecule has 1 aliphatic heterocycles. The van der Waals surface area contributed by atoms with Gasteiger partial charge in [-0.2, -0.15) is 0 Å². The lowest BCUT2D eigenvalue weighted by Crippen LogP contribution is -2.48. The SMILES string of the molecule is CC(C)(C)Cc1c([SH+]C(C)(C)C)[nH]c2c(CN3CCN(C(=O)CCCC(=O)CON)CC3)c(O)ccc12.[OH-]. The summed E-state index contributed by atoms with van der Waals surface area (Å²) in [7, 11) is 0. The number of rotatable bonds is 10. The number of nitrogens with zero attached hydrogens (tertiary/aromatic N) is 2. The van der Waals surface area contributed by atoms with E-state index in [1.165, 1.54) is 27.7 Å². The molecular weight excluding hydrogens is 504 g/mol. The van der Waals surface area contributed by atoms with Crippen LogP contribution >= 0.6 is 0 Å². The Hall–Kier alpha value is -2.11. The van der Waals surface area contributed by atoms with Crippen LogP contribution in [-0.2, 0) is 39.2 Å². The van der Waals surface area contributed by atoms with Crippen molar-refractivity contribution in [2.24, 2.45) is 11.3 Å². The molecule has 38 heavy (non-hydrogen) atoms. The molecule has 0 aliphatic carbocycles. The first kappa shape index (κ1) is 32.1. The Morgan fingerprint density at radius 3 is 2.29 bits per heavy atom. The molecule has 0 spiro atoms. The van der Waals surface area contributed by atoms with Crippen LogP contribution in [0.4, 0.5) is 0 Å². The minimum absolute atomic E-state index is 0. The highest BCUT2D eigenvalue weighted by Gasteiger charge is 2.31. The van der Waals surface area contributed by atoms with E-state index < -0.39 is 0 Å². The minimum Gasteiger partial charge on any atom is -0.870 e. The fraction of sp³-hybridized carbons (Fsp3) is 0.643. The Bertz CT molecular complexity index is 1100. The molecule has 0 unspecified atom stereocenters. The molecule has 0 bridgehead atoms. The number of aromatic hydroxyl groups is 1. The number of aromatic nitrogens is 1. The highest BCUT2D eigenvalue weighted by Crippen LogP contribution is 2.37. The second-order valence-corrected chi connectivity index (χ2v) is 14.3. The Balaban J connectivity index is 0.00000507. The van der Waals surface area contributed by atoms with Gasteiger partial charge >= 0.3 is 0 Å². The van der Waals surface area contributed by atoms with Crippen LogP contribution < -0.4 is 5.90 Å². The number of phenols is 1. The molecule has 1 fully saturated rings. The second-order valence-electron chi connectivity index (χ2n) is 12.3. The summed E-state index contributed by atoms with van der Waals surface area (Å²) >= 11 is 1.24. The maximum Gasteiger partial charge on any atom is 0.227 e. The topological polar surface area (TPSA) is 142 Å². The highest BCUT2D eigenvalue weighted by molar-refractivity contribution is 7.80. The van der Waals surface area contributed by atoms with Crippen molar-refractivity contribution >= 4 is 34.4 Å². The van der Waals surface area contributed by atoms with Gasteiger partial charge in [-0.1, -0.05) is 20.8 Å². The van der Waals surface area contributed by atoms with E-state index in [1.54, 1.807) is 0 Å². The van der Waals surface area contributed by atoms with E-state index in [4.69, 9.17) is 5.90 Å². The molecule has 1 saturated heterocycles. The molecular formula is C28H46N4O5S. The van der Waals surface area contributed by atoms with Crippen molar-refractivity contribution in [2.75, 3.05) is 32.8 Å². The maximum absolute atomic E-state index is 12.6. The third-order valence-corrected chi connectivity index (χ3v) is 7.77. The average molecular weight is 551 g/mol. The molecule has 5 N–H and O–H groups in total. The maximum atomic E-state index is 12.6. The number of ketones is 1. The number of Topliss-reactive ketones (excluding diaryl/α,β-unsaturated/α-hetero) is 1. The second kappa shape index (κ2) is 13.3. The molecule has 1 amide bonds. The number of phenolic OH excluding ortho intramolecular Hbond substituents is 1. The van der Waals surface area contributed by atoms with E-state index in [9.17, 15) is 14.7 Å². The third kappa shape index (κ3) is 8.98. The lowest BCUT2D eigenvalue weighted by molar-refractivity contribution is -0.133. The van der Waals surface area contributed by atoms with Gasteiger partial charge in [-0.05, 0) is 51.2 Å². The molecule has 1 aromatic carbocycles. The quantitative estimate of drug-likeness (QED) is 0.233. The van der Waals surface area contributed by atoms with Gasteiger partial charge in [0.2, 0.25) is 10.9 Å². The fourth-order valence-corrected chi connectivity index (χ4v) is 5.96. The molecule has 2 heterocycles. The Kier molecular flexibility index (Phi) is 11.2. The summed E-state index contributed by atoms with van der Waals surface area (Å²) in [5, 5.41) is 13.3. The third-order valence-electron chi connectivity index (χ3n) is 6.49. The number of carbonyl (C=O) groups excluding carboxylic acids is 2. The Labute approximate surface area is 230 Å². The number of H-pyrrole nitrogens is 1. The number of nitrogens with two attached hydrogens (primary N) is 1. The van der Waals surface area contributed by atoms with Gasteiger partial charge in [0.15, 0.2) is 5.78 Å². The molecule has 1 aromatic heterocycles. The van der Waals surface area contributed by atoms with Crippen molar-refractivity contribution in [3.8, 4) is 5.75 Å². The number of hydrogen-bond acceptors (Lipinski definition) is 7. The number of benzene rings is 1. The summed E-state index contributed by atoms with van der Waals surface area (Å²) in [4.78, 5) is 36.4. The van der Waals surface area contributed by atoms with E-state index in [2.05, 4.69) is 62.3 Å². The van der Waals surface area contributed by atoms with Gasteiger partial charge < -0.3 is 20.5 Å². The van der Waals surface area contributed by atoms with Gasteiger partial charge in [-0.3, -0.25) is 19.3 Å². The zero-order chi connectivity index (χ0) is 27.4. The molecule has 2 aromatic rings. The highest BCUT2D eigenvalue weighted by atomic mass is 32.2. The molecule has 214 valence electrons. The number of hydrogen-bond donors (Lipinski definition) is 3. The summed E-state index contributed by atoms with van der Waals surface area (Å²) in [6.07, 6.45) is 2.12. The van der Waals surface area contributed by atoms with Crippen LogP contribution in [0.5, 0.6) is 5.75 Å². The van der Waals surface area contributed by atoms with E-state index in [1.807, 2.05) is 11.0 Å². The smallest absolute Gasteiger partial charge is 0.227 e. The lowest BCUT2D eigenvalue weighted by Gasteiger charge is -2.35. The normalized spacial score (nSPS) is 15.1. The summed E-state index contributed by atoms with van der Waals surface area (Å²) < 4.78 is 0.115. The van der Waals surface area contributed by atoms with Gasteiger partial charge in [0.25, 0.3) is 0 Å². The molecule has 1 aliphatic rings. The summed E-state index contributed by atoms with van der Waals surface area (Å²) in [6, 6.07) is 3.88. The fourth-order valence-electron chi connectivity index (χ4n) is 4.79. The van der Waals surface area contributed by atoms with Crippen molar-refractivity contribution in [3.05, 3.63) is 23.3 Å². The largest absolute Gasteiger partial charge is 0.870 e. The monoisotopic (exact) mass is 550 g/mol. The van der Waals surface area contributed by atoms with Crippen LogP contribution in [0.3, 0.4) is 0 Å². The van der Waals surface area contributed by atoms with E-state index in [-0.39, 0.29) is 33.9 Å². The van der Waals surface area contributed by atoms with Crippen LogP contribution in [-0.4, -0.2) is 74.6 Å². The number of fused-ring (bicyclic) bond motifs is 1. The summed E-state index contributed by atoms with van der Waals surface area (Å²) in [6.45, 7) is 16.8. The van der Waals surface area contributed by atoms with Gasteiger partial charge in [0.1, 0.15) is 17.1 Å². The van der Waals surface area contributed by atoms with Gasteiger partial charge in [0, 0.05) is 73.8 Å². The van der Waals surface area contributed by atoms with Crippen molar-refractivity contribution in [1.29, 1.82) is 0 Å². The average Bonchev–Trinajstić information content (AvgIpc) is 3.10. The molecule has 0 radical (unpaired) electrons. The first-order valence-corrected chi connectivity index (χ1v) is 14.1. The number of piperazine rings is 1. The van der Waals surface area contributed by atoms with Crippen LogP contribution in [0, 0.1) is 5.41 Å². The van der Waals surface area contributed by atoms with Gasteiger partial charge in [-0.25, -0.2) is 5.90 Å². The number of amides is 1. The molecule has 0 saturated carbocycles. The van der Waals surface area contributed by atoms with Crippen LogP contribution in [0.1, 0.15) is 71.9 Å². The zero-order valence-electron chi connectivity index (χ0n) is 23.8.